The molecule has 5 heteroatoms. The molecule has 0 spiro atoms. The summed E-state index contributed by atoms with van der Waals surface area (Å²) in [6.45, 7) is -0.184. The van der Waals surface area contributed by atoms with E-state index in [9.17, 15) is 9.90 Å². The highest BCUT2D eigenvalue weighted by Crippen LogP contribution is 2.13. The molecule has 2 rings (SSSR count). The summed E-state index contributed by atoms with van der Waals surface area (Å²) in [5.41, 5.74) is 1.06. The Kier molecular flexibility index (Phi) is 4.49. The van der Waals surface area contributed by atoms with E-state index < -0.39 is 6.04 Å². The molecule has 2 aromatic rings. The Hall–Kier alpha value is -1.91. The van der Waals surface area contributed by atoms with Crippen LogP contribution in [0, 0.1) is 0 Å². The van der Waals surface area contributed by atoms with Gasteiger partial charge in [0.15, 0.2) is 0 Å². The number of benzene rings is 1. The van der Waals surface area contributed by atoms with Crippen LogP contribution in [0.5, 0.6) is 0 Å². The quantitative estimate of drug-likeness (QED) is 0.842. The lowest BCUT2D eigenvalue weighted by Crippen LogP contribution is -2.31. The molecule has 98 valence electrons. The van der Waals surface area contributed by atoms with Gasteiger partial charge in [-0.1, -0.05) is 48.0 Å². The number of hydrogen-bond acceptors (Lipinski definition) is 3. The molecule has 19 heavy (non-hydrogen) atoms. The number of amides is 1. The first-order chi connectivity index (χ1) is 9.20. The van der Waals surface area contributed by atoms with Gasteiger partial charge < -0.3 is 10.4 Å². The van der Waals surface area contributed by atoms with Crippen LogP contribution in [-0.4, -0.2) is 22.6 Å². The van der Waals surface area contributed by atoms with Gasteiger partial charge in [-0.3, -0.25) is 4.79 Å². The van der Waals surface area contributed by atoms with E-state index in [0.717, 1.165) is 5.56 Å². The van der Waals surface area contributed by atoms with Gasteiger partial charge in [-0.15, -0.1) is 0 Å². The molecular weight excluding hydrogens is 264 g/mol. The number of aliphatic hydroxyl groups is 1. The molecule has 0 aliphatic carbocycles. The minimum atomic E-state index is -0.463. The second kappa shape index (κ2) is 6.31. The Labute approximate surface area is 116 Å². The lowest BCUT2D eigenvalue weighted by Gasteiger charge is -2.16. The Morgan fingerprint density at radius 3 is 2.58 bits per heavy atom. The molecule has 1 amide bonds. The zero-order valence-corrected chi connectivity index (χ0v) is 10.8. The molecule has 0 saturated heterocycles. The van der Waals surface area contributed by atoms with Gasteiger partial charge in [0.2, 0.25) is 0 Å². The summed E-state index contributed by atoms with van der Waals surface area (Å²) < 4.78 is 0. The fourth-order valence-corrected chi connectivity index (χ4v) is 1.85. The number of halogens is 1. The second-order valence-corrected chi connectivity index (χ2v) is 4.35. The summed E-state index contributed by atoms with van der Waals surface area (Å²) in [5, 5.41) is 12.3. The van der Waals surface area contributed by atoms with Crippen LogP contribution < -0.4 is 5.32 Å². The number of pyridine rings is 1. The number of aromatic nitrogens is 1. The van der Waals surface area contributed by atoms with Gasteiger partial charge in [0.1, 0.15) is 10.8 Å². The van der Waals surface area contributed by atoms with Crippen LogP contribution in [0.3, 0.4) is 0 Å². The van der Waals surface area contributed by atoms with E-state index in [0.29, 0.717) is 0 Å². The topological polar surface area (TPSA) is 62.2 Å². The van der Waals surface area contributed by atoms with Crippen LogP contribution in [0.15, 0.2) is 48.5 Å². The van der Waals surface area contributed by atoms with E-state index >= 15 is 0 Å². The van der Waals surface area contributed by atoms with E-state index in [4.69, 9.17) is 11.6 Å². The molecule has 0 saturated carbocycles. The normalized spacial score (nSPS) is 11.9. The number of hydrogen-bond donors (Lipinski definition) is 2. The predicted octanol–water partition coefficient (Wildman–Crippen LogP) is 2.20. The number of nitrogens with zero attached hydrogens (tertiary/aromatic N) is 1. The number of rotatable bonds is 4. The van der Waals surface area contributed by atoms with Crippen LogP contribution in [-0.2, 0) is 0 Å². The fraction of sp³-hybridized carbons (Fsp3) is 0.143. The zero-order valence-electron chi connectivity index (χ0n) is 10.1. The maximum Gasteiger partial charge on any atom is 0.270 e. The van der Waals surface area contributed by atoms with Crippen molar-refractivity contribution in [3.8, 4) is 0 Å². The van der Waals surface area contributed by atoms with Crippen molar-refractivity contribution in [2.24, 2.45) is 0 Å². The molecule has 0 radical (unpaired) electrons. The monoisotopic (exact) mass is 276 g/mol. The van der Waals surface area contributed by atoms with Crippen molar-refractivity contribution < 1.29 is 9.90 Å². The molecule has 1 aromatic carbocycles. The molecule has 0 fully saturated rings. The SMILES string of the molecule is O=C(NC(CO)c1ccccc1)c1cccc(Cl)n1. The maximum atomic E-state index is 12.0. The highest BCUT2D eigenvalue weighted by molar-refractivity contribution is 6.29. The van der Waals surface area contributed by atoms with Gasteiger partial charge >= 0.3 is 0 Å². The largest absolute Gasteiger partial charge is 0.394 e. The summed E-state index contributed by atoms with van der Waals surface area (Å²) in [6.07, 6.45) is 0. The molecule has 1 atom stereocenters. The fourth-order valence-electron chi connectivity index (χ4n) is 1.69. The van der Waals surface area contributed by atoms with Crippen molar-refractivity contribution in [2.75, 3.05) is 6.61 Å². The van der Waals surface area contributed by atoms with Crippen LogP contribution in [0.1, 0.15) is 22.1 Å². The van der Waals surface area contributed by atoms with E-state index in [2.05, 4.69) is 10.3 Å². The van der Waals surface area contributed by atoms with Crippen LogP contribution in [0.4, 0.5) is 0 Å². The molecule has 0 aliphatic heterocycles. The number of aliphatic hydroxyl groups excluding tert-OH is 1. The van der Waals surface area contributed by atoms with Crippen LogP contribution >= 0.6 is 11.6 Å². The minimum absolute atomic E-state index is 0.184. The summed E-state index contributed by atoms with van der Waals surface area (Å²) in [7, 11) is 0. The van der Waals surface area contributed by atoms with Crippen molar-refractivity contribution >= 4 is 17.5 Å². The molecule has 1 heterocycles. The van der Waals surface area contributed by atoms with Gasteiger partial charge in [-0.2, -0.15) is 0 Å². The number of nitrogens with one attached hydrogen (secondary N) is 1. The van der Waals surface area contributed by atoms with Gasteiger partial charge in [0, 0.05) is 0 Å². The van der Waals surface area contributed by atoms with Crippen LogP contribution in [0.2, 0.25) is 5.15 Å². The molecule has 0 aliphatic rings. The van der Waals surface area contributed by atoms with Gasteiger partial charge in [-0.25, -0.2) is 4.98 Å². The zero-order chi connectivity index (χ0) is 13.7. The second-order valence-electron chi connectivity index (χ2n) is 3.96. The first kappa shape index (κ1) is 13.5. The summed E-state index contributed by atoms with van der Waals surface area (Å²) >= 11 is 5.74. The molecule has 2 N–H and O–H groups in total. The highest BCUT2D eigenvalue weighted by Gasteiger charge is 2.15. The Morgan fingerprint density at radius 1 is 1.21 bits per heavy atom. The van der Waals surface area contributed by atoms with Gasteiger partial charge in [-0.05, 0) is 17.7 Å². The third-order valence-electron chi connectivity index (χ3n) is 2.64. The van der Waals surface area contributed by atoms with E-state index in [-0.39, 0.29) is 23.4 Å². The Morgan fingerprint density at radius 2 is 1.95 bits per heavy atom. The summed E-state index contributed by atoms with van der Waals surface area (Å²) in [6, 6.07) is 13.6. The van der Waals surface area contributed by atoms with Crippen molar-refractivity contribution in [2.45, 2.75) is 6.04 Å². The summed E-state index contributed by atoms with van der Waals surface area (Å²) in [5.74, 6) is -0.370. The van der Waals surface area contributed by atoms with E-state index in [1.807, 2.05) is 30.3 Å². The Bertz CT molecular complexity index is 560. The van der Waals surface area contributed by atoms with Crippen LogP contribution in [0.25, 0.3) is 0 Å². The third-order valence-corrected chi connectivity index (χ3v) is 2.85. The van der Waals surface area contributed by atoms with Crippen molar-refractivity contribution in [1.82, 2.24) is 10.3 Å². The first-order valence-corrected chi connectivity index (χ1v) is 6.17. The highest BCUT2D eigenvalue weighted by atomic mass is 35.5. The molecule has 0 bridgehead atoms. The standard InChI is InChI=1S/C14H13ClN2O2/c15-13-8-4-7-11(16-13)14(19)17-12(9-18)10-5-2-1-3-6-10/h1-8,12,18H,9H2,(H,17,19). The lowest BCUT2D eigenvalue weighted by atomic mass is 10.1. The molecule has 1 aromatic heterocycles. The van der Waals surface area contributed by atoms with Crippen molar-refractivity contribution in [3.05, 3.63) is 64.9 Å². The van der Waals surface area contributed by atoms with E-state index in [1.54, 1.807) is 18.2 Å². The van der Waals surface area contributed by atoms with Crippen molar-refractivity contribution in [3.63, 3.8) is 0 Å². The third kappa shape index (κ3) is 3.53. The van der Waals surface area contributed by atoms with Gasteiger partial charge in [0.25, 0.3) is 5.91 Å². The van der Waals surface area contributed by atoms with Gasteiger partial charge in [0.05, 0.1) is 12.6 Å². The molecule has 1 unspecified atom stereocenters. The average molecular weight is 277 g/mol. The maximum absolute atomic E-state index is 12.0. The predicted molar refractivity (Wildman–Crippen MR) is 73.0 cm³/mol. The number of carbonyl (C=O) groups excluding carboxylic acids is 1. The minimum Gasteiger partial charge on any atom is -0.394 e. The Balaban J connectivity index is 2.13. The smallest absolute Gasteiger partial charge is 0.270 e. The molecular formula is C14H13ClN2O2. The first-order valence-electron chi connectivity index (χ1n) is 5.80. The summed E-state index contributed by atoms with van der Waals surface area (Å²) in [4.78, 5) is 15.9. The number of carbonyl (C=O) groups is 1. The lowest BCUT2D eigenvalue weighted by molar-refractivity contribution is 0.0911. The average Bonchev–Trinajstić information content (AvgIpc) is 2.45. The van der Waals surface area contributed by atoms with Crippen molar-refractivity contribution in [1.29, 1.82) is 0 Å². The van der Waals surface area contributed by atoms with E-state index in [1.165, 1.54) is 0 Å². The molecule has 4 nitrogen and oxygen atoms in total.